The first-order valence-corrected chi connectivity index (χ1v) is 7.74. The van der Waals surface area contributed by atoms with Crippen molar-refractivity contribution in [2.24, 2.45) is 0 Å². The molecule has 1 unspecified atom stereocenters. The third-order valence-corrected chi connectivity index (χ3v) is 3.91. The lowest BCUT2D eigenvalue weighted by atomic mass is 10.0. The molecule has 0 aliphatic rings. The van der Waals surface area contributed by atoms with Crippen molar-refractivity contribution in [1.82, 2.24) is 15.2 Å². The van der Waals surface area contributed by atoms with Crippen LogP contribution >= 0.6 is 15.9 Å². The lowest BCUT2D eigenvalue weighted by Crippen LogP contribution is -2.00. The number of benzene rings is 2. The molecule has 1 N–H and O–H groups in total. The second kappa shape index (κ2) is 6.22. The van der Waals surface area contributed by atoms with Gasteiger partial charge >= 0.3 is 0 Å². The number of aromatic nitrogens is 3. The van der Waals surface area contributed by atoms with Crippen molar-refractivity contribution < 1.29 is 0 Å². The van der Waals surface area contributed by atoms with Crippen LogP contribution in [0, 0.1) is 0 Å². The van der Waals surface area contributed by atoms with Crippen molar-refractivity contribution in [3.05, 3.63) is 70.5 Å². The highest BCUT2D eigenvalue weighted by atomic mass is 79.9. The minimum atomic E-state index is 0.271. The molecule has 0 radical (unpaired) electrons. The smallest absolute Gasteiger partial charge is 0.155 e. The van der Waals surface area contributed by atoms with Crippen molar-refractivity contribution in [2.45, 2.75) is 19.3 Å². The number of hydrogen-bond donors (Lipinski definition) is 1. The molecule has 3 rings (SSSR count). The maximum absolute atomic E-state index is 4.62. The van der Waals surface area contributed by atoms with Gasteiger partial charge < -0.3 is 0 Å². The average molecular weight is 342 g/mol. The molecule has 0 saturated heterocycles. The summed E-state index contributed by atoms with van der Waals surface area (Å²) in [6.45, 7) is 2.15. The van der Waals surface area contributed by atoms with Crippen molar-refractivity contribution in [1.29, 1.82) is 0 Å². The molecule has 3 nitrogen and oxygen atoms in total. The zero-order valence-electron chi connectivity index (χ0n) is 11.8. The molecule has 0 aliphatic carbocycles. The topological polar surface area (TPSA) is 41.6 Å². The van der Waals surface area contributed by atoms with Gasteiger partial charge in [-0.3, -0.25) is 5.10 Å². The molecule has 0 aliphatic heterocycles. The van der Waals surface area contributed by atoms with Gasteiger partial charge in [-0.2, -0.15) is 5.10 Å². The van der Waals surface area contributed by atoms with E-state index in [-0.39, 0.29) is 5.92 Å². The van der Waals surface area contributed by atoms with E-state index in [1.165, 1.54) is 5.56 Å². The molecule has 1 aromatic heterocycles. The first kappa shape index (κ1) is 14.0. The van der Waals surface area contributed by atoms with Crippen LogP contribution in [0.3, 0.4) is 0 Å². The van der Waals surface area contributed by atoms with Gasteiger partial charge in [-0.1, -0.05) is 65.3 Å². The summed E-state index contributed by atoms with van der Waals surface area (Å²) in [6.07, 6.45) is 0.922. The van der Waals surface area contributed by atoms with Crippen LogP contribution in [-0.2, 0) is 6.42 Å². The summed E-state index contributed by atoms with van der Waals surface area (Å²) in [6, 6.07) is 18.4. The first-order valence-electron chi connectivity index (χ1n) is 6.94. The highest BCUT2D eigenvalue weighted by Crippen LogP contribution is 2.22. The van der Waals surface area contributed by atoms with Gasteiger partial charge in [0.2, 0.25) is 0 Å². The minimum absolute atomic E-state index is 0.271. The van der Waals surface area contributed by atoms with E-state index in [1.807, 2.05) is 36.4 Å². The largest absolute Gasteiger partial charge is 0.259 e. The first-order chi connectivity index (χ1) is 10.2. The molecule has 3 aromatic rings. The van der Waals surface area contributed by atoms with Crippen LogP contribution in [0.2, 0.25) is 0 Å². The Hall–Kier alpha value is -1.94. The van der Waals surface area contributed by atoms with Gasteiger partial charge in [0.05, 0.1) is 0 Å². The second-order valence-electron chi connectivity index (χ2n) is 5.14. The Morgan fingerprint density at radius 3 is 2.67 bits per heavy atom. The van der Waals surface area contributed by atoms with Crippen LogP contribution in [0.25, 0.3) is 11.4 Å². The molecule has 1 heterocycles. The molecule has 106 valence electrons. The predicted molar refractivity (Wildman–Crippen MR) is 88.1 cm³/mol. The number of H-pyrrole nitrogens is 1. The van der Waals surface area contributed by atoms with Crippen LogP contribution < -0.4 is 0 Å². The Kier molecular flexibility index (Phi) is 4.15. The van der Waals surface area contributed by atoms with Crippen molar-refractivity contribution >= 4 is 15.9 Å². The number of nitrogens with zero attached hydrogens (tertiary/aromatic N) is 2. The summed E-state index contributed by atoms with van der Waals surface area (Å²) < 4.78 is 1.10. The maximum atomic E-state index is 4.62. The van der Waals surface area contributed by atoms with E-state index >= 15 is 0 Å². The monoisotopic (exact) mass is 341 g/mol. The fourth-order valence-corrected chi connectivity index (χ4v) is 2.78. The van der Waals surface area contributed by atoms with Crippen LogP contribution in [-0.4, -0.2) is 15.2 Å². The summed E-state index contributed by atoms with van der Waals surface area (Å²) in [5, 5.41) is 7.39. The quantitative estimate of drug-likeness (QED) is 0.754. The molecule has 21 heavy (non-hydrogen) atoms. The van der Waals surface area contributed by atoms with Gasteiger partial charge in [-0.15, -0.1) is 0 Å². The SMILES string of the molecule is CC(Cc1cccc(Br)c1)c1n[nH]c(-c2ccccc2)n1. The van der Waals surface area contributed by atoms with E-state index < -0.39 is 0 Å². The number of rotatable bonds is 4. The normalized spacial score (nSPS) is 12.3. The van der Waals surface area contributed by atoms with E-state index in [2.05, 4.69) is 56.2 Å². The van der Waals surface area contributed by atoms with E-state index in [4.69, 9.17) is 0 Å². The number of hydrogen-bond acceptors (Lipinski definition) is 2. The number of nitrogens with one attached hydrogen (secondary N) is 1. The van der Waals surface area contributed by atoms with E-state index in [9.17, 15) is 0 Å². The van der Waals surface area contributed by atoms with Gasteiger partial charge in [0.1, 0.15) is 0 Å². The molecule has 0 fully saturated rings. The Morgan fingerprint density at radius 2 is 1.90 bits per heavy atom. The lowest BCUT2D eigenvalue weighted by Gasteiger charge is -2.07. The van der Waals surface area contributed by atoms with Gasteiger partial charge in [-0.25, -0.2) is 4.98 Å². The molecule has 4 heteroatoms. The zero-order valence-corrected chi connectivity index (χ0v) is 13.3. The zero-order chi connectivity index (χ0) is 14.7. The molecular weight excluding hydrogens is 326 g/mol. The van der Waals surface area contributed by atoms with Gasteiger partial charge in [0.15, 0.2) is 11.6 Å². The lowest BCUT2D eigenvalue weighted by molar-refractivity contribution is 0.702. The number of aromatic amines is 1. The standard InChI is InChI=1S/C17H16BrN3/c1-12(10-13-6-5-9-15(18)11-13)16-19-17(21-20-16)14-7-3-2-4-8-14/h2-9,11-12H,10H2,1H3,(H,19,20,21). The Morgan fingerprint density at radius 1 is 1.10 bits per heavy atom. The Labute approximate surface area is 132 Å². The molecular formula is C17H16BrN3. The minimum Gasteiger partial charge on any atom is -0.259 e. The fraction of sp³-hybridized carbons (Fsp3) is 0.176. The van der Waals surface area contributed by atoms with Gasteiger partial charge in [0, 0.05) is 16.0 Å². The summed E-state index contributed by atoms with van der Waals surface area (Å²) >= 11 is 3.51. The summed E-state index contributed by atoms with van der Waals surface area (Å²) in [4.78, 5) is 4.62. The highest BCUT2D eigenvalue weighted by Gasteiger charge is 2.13. The van der Waals surface area contributed by atoms with E-state index in [1.54, 1.807) is 0 Å². The van der Waals surface area contributed by atoms with Crippen LogP contribution in [0.15, 0.2) is 59.1 Å². The number of halogens is 1. The summed E-state index contributed by atoms with van der Waals surface area (Å²) in [5.41, 5.74) is 2.34. The Balaban J connectivity index is 1.77. The van der Waals surface area contributed by atoms with Gasteiger partial charge in [-0.05, 0) is 24.1 Å². The second-order valence-corrected chi connectivity index (χ2v) is 6.06. The average Bonchev–Trinajstić information content (AvgIpc) is 2.98. The Bertz CT molecular complexity index is 722. The molecule has 0 spiro atoms. The molecule has 1 atom stereocenters. The van der Waals surface area contributed by atoms with Crippen molar-refractivity contribution in [3.63, 3.8) is 0 Å². The van der Waals surface area contributed by atoms with Crippen molar-refractivity contribution in [3.8, 4) is 11.4 Å². The third-order valence-electron chi connectivity index (χ3n) is 3.42. The summed E-state index contributed by atoms with van der Waals surface area (Å²) in [7, 11) is 0. The molecule has 2 aromatic carbocycles. The fourth-order valence-electron chi connectivity index (χ4n) is 2.33. The van der Waals surface area contributed by atoms with E-state index in [0.717, 1.165) is 28.1 Å². The molecule has 0 bridgehead atoms. The molecule has 0 saturated carbocycles. The van der Waals surface area contributed by atoms with Gasteiger partial charge in [0.25, 0.3) is 0 Å². The maximum Gasteiger partial charge on any atom is 0.155 e. The van der Waals surface area contributed by atoms with E-state index in [0.29, 0.717) is 0 Å². The van der Waals surface area contributed by atoms with Crippen LogP contribution in [0.5, 0.6) is 0 Å². The van der Waals surface area contributed by atoms with Crippen molar-refractivity contribution in [2.75, 3.05) is 0 Å². The van der Waals surface area contributed by atoms with Crippen LogP contribution in [0.4, 0.5) is 0 Å². The predicted octanol–water partition coefficient (Wildman–Crippen LogP) is 4.58. The third kappa shape index (κ3) is 3.39. The van der Waals surface area contributed by atoms with Crippen LogP contribution in [0.1, 0.15) is 24.2 Å². The molecule has 0 amide bonds. The highest BCUT2D eigenvalue weighted by molar-refractivity contribution is 9.10. The summed E-state index contributed by atoms with van der Waals surface area (Å²) in [5.74, 6) is 1.95.